The van der Waals surface area contributed by atoms with Gasteiger partial charge in [-0.05, 0) is 24.0 Å². The predicted molar refractivity (Wildman–Crippen MR) is 71.3 cm³/mol. The number of rotatable bonds is 6. The van der Waals surface area contributed by atoms with Gasteiger partial charge in [0.15, 0.2) is 0 Å². The molecule has 0 aromatic heterocycles. The van der Waals surface area contributed by atoms with E-state index in [-0.39, 0.29) is 0 Å². The van der Waals surface area contributed by atoms with E-state index < -0.39 is 5.54 Å². The van der Waals surface area contributed by atoms with Gasteiger partial charge in [0.2, 0.25) is 0 Å². The lowest BCUT2D eigenvalue weighted by Gasteiger charge is -2.28. The Hall–Kier alpha value is -2.35. The molecule has 96 valence electrons. The van der Waals surface area contributed by atoms with Gasteiger partial charge in [-0.3, -0.25) is 0 Å². The smallest absolute Gasteiger partial charge is 0.0669 e. The highest BCUT2D eigenvalue weighted by molar-refractivity contribution is 5.30. The zero-order chi connectivity index (χ0) is 14.1. The van der Waals surface area contributed by atoms with Crippen molar-refractivity contribution >= 4 is 0 Å². The minimum Gasteiger partial charge on any atom is -0.321 e. The van der Waals surface area contributed by atoms with Crippen molar-refractivity contribution < 1.29 is 0 Å². The fourth-order valence-electron chi connectivity index (χ4n) is 2.02. The van der Waals surface area contributed by atoms with E-state index in [0.29, 0.717) is 32.1 Å². The number of hydrogen-bond donors (Lipinski definition) is 1. The van der Waals surface area contributed by atoms with Crippen molar-refractivity contribution in [3.63, 3.8) is 0 Å². The standard InChI is InChI=1S/C15H16N4/c16-10-1-8-15(19,9-2-11-17)14-5-3-13(4-6-14)7-12-18/h3-6H,1-2,7-9,19H2. The summed E-state index contributed by atoms with van der Waals surface area (Å²) in [6.45, 7) is 0. The third-order valence-electron chi connectivity index (χ3n) is 3.18. The first-order chi connectivity index (χ1) is 9.16. The van der Waals surface area contributed by atoms with Crippen LogP contribution in [0, 0.1) is 34.0 Å². The van der Waals surface area contributed by atoms with E-state index in [1.807, 2.05) is 24.3 Å². The average Bonchev–Trinajstić information content (AvgIpc) is 2.44. The number of nitrogens with two attached hydrogens (primary N) is 1. The van der Waals surface area contributed by atoms with Crippen LogP contribution in [-0.4, -0.2) is 0 Å². The third-order valence-corrected chi connectivity index (χ3v) is 3.18. The Morgan fingerprint density at radius 1 is 0.895 bits per heavy atom. The van der Waals surface area contributed by atoms with Crippen LogP contribution in [0.4, 0.5) is 0 Å². The van der Waals surface area contributed by atoms with E-state index in [0.717, 1.165) is 11.1 Å². The summed E-state index contributed by atoms with van der Waals surface area (Å²) in [6, 6.07) is 13.8. The number of nitrogens with zero attached hydrogens (tertiary/aromatic N) is 3. The van der Waals surface area contributed by atoms with Gasteiger partial charge in [-0.1, -0.05) is 24.3 Å². The van der Waals surface area contributed by atoms with Crippen molar-refractivity contribution in [2.75, 3.05) is 0 Å². The minimum atomic E-state index is -0.642. The first-order valence-corrected chi connectivity index (χ1v) is 6.15. The Morgan fingerprint density at radius 2 is 1.42 bits per heavy atom. The van der Waals surface area contributed by atoms with Crippen LogP contribution in [0.1, 0.15) is 36.8 Å². The molecule has 0 unspecified atom stereocenters. The van der Waals surface area contributed by atoms with Crippen molar-refractivity contribution in [3.05, 3.63) is 35.4 Å². The molecular weight excluding hydrogens is 236 g/mol. The molecule has 1 aromatic rings. The van der Waals surface area contributed by atoms with Gasteiger partial charge < -0.3 is 5.73 Å². The lowest BCUT2D eigenvalue weighted by atomic mass is 9.82. The van der Waals surface area contributed by atoms with Gasteiger partial charge in [0, 0.05) is 18.4 Å². The van der Waals surface area contributed by atoms with E-state index in [1.165, 1.54) is 0 Å². The van der Waals surface area contributed by atoms with Crippen LogP contribution >= 0.6 is 0 Å². The average molecular weight is 252 g/mol. The molecular formula is C15H16N4. The number of hydrogen-bond acceptors (Lipinski definition) is 4. The van der Waals surface area contributed by atoms with Gasteiger partial charge in [-0.15, -0.1) is 0 Å². The minimum absolute atomic E-state index is 0.363. The molecule has 0 saturated carbocycles. The summed E-state index contributed by atoms with van der Waals surface area (Å²) in [6.07, 6.45) is 2.16. The molecule has 0 radical (unpaired) electrons. The quantitative estimate of drug-likeness (QED) is 0.841. The monoisotopic (exact) mass is 252 g/mol. The summed E-state index contributed by atoms with van der Waals surface area (Å²) in [5.41, 5.74) is 7.56. The number of nitriles is 3. The topological polar surface area (TPSA) is 97.4 Å². The second-order valence-corrected chi connectivity index (χ2v) is 4.50. The van der Waals surface area contributed by atoms with Crippen molar-refractivity contribution in [1.82, 2.24) is 0 Å². The van der Waals surface area contributed by atoms with Crippen LogP contribution in [0.25, 0.3) is 0 Å². The van der Waals surface area contributed by atoms with Crippen molar-refractivity contribution in [2.24, 2.45) is 5.73 Å². The predicted octanol–water partition coefficient (Wildman–Crippen LogP) is 2.51. The van der Waals surface area contributed by atoms with Crippen LogP contribution < -0.4 is 5.73 Å². The maximum Gasteiger partial charge on any atom is 0.0669 e. The SMILES string of the molecule is N#CCCC(N)(CCC#N)c1ccc(CC#N)cc1. The normalized spacial score (nSPS) is 10.2. The summed E-state index contributed by atoms with van der Waals surface area (Å²) in [5, 5.41) is 26.1. The maximum absolute atomic E-state index is 8.71. The van der Waals surface area contributed by atoms with Gasteiger partial charge in [-0.2, -0.15) is 15.8 Å². The highest BCUT2D eigenvalue weighted by Gasteiger charge is 2.26. The van der Waals surface area contributed by atoms with Crippen LogP contribution in [0.3, 0.4) is 0 Å². The highest BCUT2D eigenvalue weighted by atomic mass is 14.7. The summed E-state index contributed by atoms with van der Waals surface area (Å²) in [7, 11) is 0. The zero-order valence-electron chi connectivity index (χ0n) is 10.8. The molecule has 0 heterocycles. The molecule has 0 bridgehead atoms. The second kappa shape index (κ2) is 7.17. The fourth-order valence-corrected chi connectivity index (χ4v) is 2.02. The largest absolute Gasteiger partial charge is 0.321 e. The Kier molecular flexibility index (Phi) is 5.55. The van der Waals surface area contributed by atoms with Crippen molar-refractivity contribution in [2.45, 2.75) is 37.6 Å². The first-order valence-electron chi connectivity index (χ1n) is 6.15. The van der Waals surface area contributed by atoms with Crippen molar-refractivity contribution in [1.29, 1.82) is 15.8 Å². The van der Waals surface area contributed by atoms with Crippen LogP contribution in [0.2, 0.25) is 0 Å². The van der Waals surface area contributed by atoms with E-state index in [9.17, 15) is 0 Å². The molecule has 0 fully saturated rings. The Bertz CT molecular complexity index is 507. The molecule has 4 heteroatoms. The first kappa shape index (κ1) is 14.7. The van der Waals surface area contributed by atoms with Crippen LogP contribution in [0.5, 0.6) is 0 Å². The molecule has 0 spiro atoms. The lowest BCUT2D eigenvalue weighted by Crippen LogP contribution is -2.36. The Labute approximate surface area is 113 Å². The Morgan fingerprint density at radius 3 is 1.84 bits per heavy atom. The van der Waals surface area contributed by atoms with Gasteiger partial charge in [-0.25, -0.2) is 0 Å². The Balaban J connectivity index is 2.94. The molecule has 19 heavy (non-hydrogen) atoms. The fraction of sp³-hybridized carbons (Fsp3) is 0.400. The number of benzene rings is 1. The van der Waals surface area contributed by atoms with E-state index in [2.05, 4.69) is 18.2 Å². The summed E-state index contributed by atoms with van der Waals surface area (Å²) >= 11 is 0. The van der Waals surface area contributed by atoms with E-state index in [1.54, 1.807) is 0 Å². The van der Waals surface area contributed by atoms with Crippen LogP contribution in [0.15, 0.2) is 24.3 Å². The summed E-state index contributed by atoms with van der Waals surface area (Å²) in [5.74, 6) is 0. The molecule has 0 amide bonds. The second-order valence-electron chi connectivity index (χ2n) is 4.50. The summed E-state index contributed by atoms with van der Waals surface area (Å²) in [4.78, 5) is 0. The maximum atomic E-state index is 8.71. The lowest BCUT2D eigenvalue weighted by molar-refractivity contribution is 0.386. The van der Waals surface area contributed by atoms with Crippen LogP contribution in [-0.2, 0) is 12.0 Å². The molecule has 1 aromatic carbocycles. The van der Waals surface area contributed by atoms with Gasteiger partial charge >= 0.3 is 0 Å². The summed E-state index contributed by atoms with van der Waals surface area (Å²) < 4.78 is 0. The molecule has 0 saturated heterocycles. The van der Waals surface area contributed by atoms with Crippen molar-refractivity contribution in [3.8, 4) is 18.2 Å². The highest BCUT2D eigenvalue weighted by Crippen LogP contribution is 2.29. The van der Waals surface area contributed by atoms with Gasteiger partial charge in [0.25, 0.3) is 0 Å². The zero-order valence-corrected chi connectivity index (χ0v) is 10.8. The third kappa shape index (κ3) is 4.11. The van der Waals surface area contributed by atoms with Gasteiger partial charge in [0.1, 0.15) is 0 Å². The van der Waals surface area contributed by atoms with E-state index >= 15 is 0 Å². The molecule has 0 aliphatic heterocycles. The van der Waals surface area contributed by atoms with E-state index in [4.69, 9.17) is 21.5 Å². The molecule has 4 nitrogen and oxygen atoms in total. The van der Waals surface area contributed by atoms with Gasteiger partial charge in [0.05, 0.1) is 24.6 Å². The molecule has 1 rings (SSSR count). The molecule has 2 N–H and O–H groups in total. The molecule has 0 aliphatic carbocycles. The molecule has 0 aliphatic rings. The molecule has 0 atom stereocenters.